The molecule has 0 fully saturated rings. The molecule has 0 radical (unpaired) electrons. The Morgan fingerprint density at radius 3 is 2.89 bits per heavy atom. The summed E-state index contributed by atoms with van der Waals surface area (Å²) in [5, 5.41) is 9.80. The van der Waals surface area contributed by atoms with Crippen LogP contribution >= 0.6 is 11.6 Å². The summed E-state index contributed by atoms with van der Waals surface area (Å²) >= 11 is 5.93. The molecule has 2 rings (SSSR count). The van der Waals surface area contributed by atoms with E-state index in [1.807, 2.05) is 30.1 Å². The molecule has 0 atom stereocenters. The lowest BCUT2D eigenvalue weighted by Crippen LogP contribution is -2.19. The molecule has 0 aliphatic heterocycles. The van der Waals surface area contributed by atoms with Gasteiger partial charge in [0.2, 0.25) is 0 Å². The van der Waals surface area contributed by atoms with E-state index in [9.17, 15) is 4.79 Å². The highest BCUT2D eigenvalue weighted by Crippen LogP contribution is 2.21. The zero-order valence-corrected chi connectivity index (χ0v) is 11.1. The zero-order chi connectivity index (χ0) is 13.8. The Labute approximate surface area is 116 Å². The number of carboxylic acid groups (broad SMARTS) is 1. The number of pyridine rings is 1. The smallest absolute Gasteiger partial charge is 0.339 e. The largest absolute Gasteiger partial charge is 0.478 e. The van der Waals surface area contributed by atoms with E-state index in [-0.39, 0.29) is 5.56 Å². The van der Waals surface area contributed by atoms with Crippen LogP contribution in [-0.2, 0) is 6.54 Å². The molecule has 4 nitrogen and oxygen atoms in total. The SMILES string of the molecule is CN(Cc1cccc(Cl)c1)c1ccncc1C(=O)O. The van der Waals surface area contributed by atoms with Gasteiger partial charge >= 0.3 is 5.97 Å². The van der Waals surface area contributed by atoms with Crippen molar-refractivity contribution in [2.75, 3.05) is 11.9 Å². The maximum atomic E-state index is 11.1. The first kappa shape index (κ1) is 13.4. The van der Waals surface area contributed by atoms with Gasteiger partial charge in [-0.15, -0.1) is 0 Å². The van der Waals surface area contributed by atoms with Crippen LogP contribution in [0.1, 0.15) is 15.9 Å². The maximum absolute atomic E-state index is 11.1. The average Bonchev–Trinajstić information content (AvgIpc) is 2.38. The second-order valence-electron chi connectivity index (χ2n) is 4.18. The van der Waals surface area contributed by atoms with Crippen LogP contribution in [0.5, 0.6) is 0 Å². The lowest BCUT2D eigenvalue weighted by atomic mass is 10.1. The summed E-state index contributed by atoms with van der Waals surface area (Å²) in [6, 6.07) is 9.17. The van der Waals surface area contributed by atoms with Crippen LogP contribution in [0.4, 0.5) is 5.69 Å². The number of anilines is 1. The van der Waals surface area contributed by atoms with Crippen LogP contribution in [-0.4, -0.2) is 23.1 Å². The molecular formula is C14H13ClN2O2. The average molecular weight is 277 g/mol. The lowest BCUT2D eigenvalue weighted by molar-refractivity contribution is 0.0697. The number of rotatable bonds is 4. The molecule has 1 aromatic carbocycles. The van der Waals surface area contributed by atoms with Gasteiger partial charge in [0.05, 0.1) is 5.69 Å². The third kappa shape index (κ3) is 3.23. The molecule has 1 N–H and O–H groups in total. The van der Waals surface area contributed by atoms with Crippen LogP contribution in [0.2, 0.25) is 5.02 Å². The summed E-state index contributed by atoms with van der Waals surface area (Å²) in [5.74, 6) is -0.985. The van der Waals surface area contributed by atoms with E-state index in [0.29, 0.717) is 17.3 Å². The number of benzene rings is 1. The second-order valence-corrected chi connectivity index (χ2v) is 4.62. The number of hydrogen-bond acceptors (Lipinski definition) is 3. The highest BCUT2D eigenvalue weighted by Gasteiger charge is 2.13. The number of carboxylic acids is 1. The first-order valence-electron chi connectivity index (χ1n) is 5.71. The molecule has 0 spiro atoms. The van der Waals surface area contributed by atoms with Crippen molar-refractivity contribution in [1.82, 2.24) is 4.98 Å². The van der Waals surface area contributed by atoms with Crippen molar-refractivity contribution in [1.29, 1.82) is 0 Å². The van der Waals surface area contributed by atoms with Gasteiger partial charge in [-0.25, -0.2) is 4.79 Å². The molecule has 0 aliphatic rings. The fourth-order valence-corrected chi connectivity index (χ4v) is 2.09. The molecule has 1 aromatic heterocycles. The molecular weight excluding hydrogens is 264 g/mol. The second kappa shape index (κ2) is 5.71. The van der Waals surface area contributed by atoms with Crippen molar-refractivity contribution < 1.29 is 9.90 Å². The van der Waals surface area contributed by atoms with E-state index in [0.717, 1.165) is 5.56 Å². The fourth-order valence-electron chi connectivity index (χ4n) is 1.88. The van der Waals surface area contributed by atoms with Gasteiger partial charge in [-0.2, -0.15) is 0 Å². The van der Waals surface area contributed by atoms with Gasteiger partial charge in [-0.3, -0.25) is 4.98 Å². The highest BCUT2D eigenvalue weighted by molar-refractivity contribution is 6.30. The van der Waals surface area contributed by atoms with Crippen molar-refractivity contribution in [2.24, 2.45) is 0 Å². The Bertz CT molecular complexity index is 602. The summed E-state index contributed by atoms with van der Waals surface area (Å²) in [6.45, 7) is 0.574. The Kier molecular flexibility index (Phi) is 4.02. The van der Waals surface area contributed by atoms with Crippen LogP contribution in [0.3, 0.4) is 0 Å². The molecule has 0 unspecified atom stereocenters. The van der Waals surface area contributed by atoms with E-state index in [2.05, 4.69) is 4.98 Å². The topological polar surface area (TPSA) is 53.4 Å². The molecule has 19 heavy (non-hydrogen) atoms. The van der Waals surface area contributed by atoms with Crippen molar-refractivity contribution >= 4 is 23.3 Å². The van der Waals surface area contributed by atoms with Crippen molar-refractivity contribution in [3.05, 3.63) is 58.9 Å². The van der Waals surface area contributed by atoms with E-state index in [1.165, 1.54) is 6.20 Å². The summed E-state index contributed by atoms with van der Waals surface area (Å²) in [7, 11) is 1.84. The quantitative estimate of drug-likeness (QED) is 0.932. The van der Waals surface area contributed by atoms with Gasteiger partial charge in [0, 0.05) is 31.0 Å². The minimum Gasteiger partial charge on any atom is -0.478 e. The molecule has 2 aromatic rings. The van der Waals surface area contributed by atoms with E-state index < -0.39 is 5.97 Å². The predicted molar refractivity (Wildman–Crippen MR) is 74.8 cm³/mol. The minimum atomic E-state index is -0.985. The van der Waals surface area contributed by atoms with Gasteiger partial charge in [-0.1, -0.05) is 23.7 Å². The summed E-state index contributed by atoms with van der Waals surface area (Å²) in [6.07, 6.45) is 2.93. The Hall–Kier alpha value is -2.07. The first-order valence-corrected chi connectivity index (χ1v) is 6.08. The molecule has 5 heteroatoms. The highest BCUT2D eigenvalue weighted by atomic mass is 35.5. The molecule has 0 bridgehead atoms. The molecule has 0 amide bonds. The van der Waals surface area contributed by atoms with E-state index >= 15 is 0 Å². The number of carbonyl (C=O) groups is 1. The number of halogens is 1. The Morgan fingerprint density at radius 1 is 1.42 bits per heavy atom. The Morgan fingerprint density at radius 2 is 2.21 bits per heavy atom. The number of nitrogens with zero attached hydrogens (tertiary/aromatic N) is 2. The van der Waals surface area contributed by atoms with Crippen LogP contribution in [0, 0.1) is 0 Å². The third-order valence-corrected chi connectivity index (χ3v) is 2.98. The third-order valence-electron chi connectivity index (χ3n) is 2.75. The number of aromatic nitrogens is 1. The van der Waals surface area contributed by atoms with Crippen LogP contribution in [0.25, 0.3) is 0 Å². The molecule has 1 heterocycles. The minimum absolute atomic E-state index is 0.187. The van der Waals surface area contributed by atoms with Gasteiger partial charge < -0.3 is 10.0 Å². The summed E-state index contributed by atoms with van der Waals surface area (Å²) in [4.78, 5) is 16.8. The first-order chi connectivity index (χ1) is 9.08. The van der Waals surface area contributed by atoms with Crippen LogP contribution in [0.15, 0.2) is 42.7 Å². The molecule has 0 saturated carbocycles. The van der Waals surface area contributed by atoms with Crippen molar-refractivity contribution in [3.8, 4) is 0 Å². The van der Waals surface area contributed by atoms with E-state index in [1.54, 1.807) is 18.3 Å². The number of aromatic carboxylic acids is 1. The zero-order valence-electron chi connectivity index (χ0n) is 10.4. The fraction of sp³-hybridized carbons (Fsp3) is 0.143. The monoisotopic (exact) mass is 276 g/mol. The van der Waals surface area contributed by atoms with E-state index in [4.69, 9.17) is 16.7 Å². The lowest BCUT2D eigenvalue weighted by Gasteiger charge is -2.21. The van der Waals surface area contributed by atoms with Gasteiger partial charge in [0.25, 0.3) is 0 Å². The van der Waals surface area contributed by atoms with Crippen LogP contribution < -0.4 is 4.90 Å². The van der Waals surface area contributed by atoms with Gasteiger partial charge in [0.15, 0.2) is 0 Å². The predicted octanol–water partition coefficient (Wildman–Crippen LogP) is 3.07. The Balaban J connectivity index is 2.25. The molecule has 0 saturated heterocycles. The maximum Gasteiger partial charge on any atom is 0.339 e. The van der Waals surface area contributed by atoms with Crippen molar-refractivity contribution in [3.63, 3.8) is 0 Å². The number of hydrogen-bond donors (Lipinski definition) is 1. The normalized spacial score (nSPS) is 10.2. The molecule has 0 aliphatic carbocycles. The standard InChI is InChI=1S/C14H13ClN2O2/c1-17(9-10-3-2-4-11(15)7-10)13-5-6-16-8-12(13)14(18)19/h2-8H,9H2,1H3,(H,18,19). The summed E-state index contributed by atoms with van der Waals surface area (Å²) < 4.78 is 0. The molecule has 98 valence electrons. The summed E-state index contributed by atoms with van der Waals surface area (Å²) in [5.41, 5.74) is 1.83. The van der Waals surface area contributed by atoms with Gasteiger partial charge in [-0.05, 0) is 23.8 Å². The van der Waals surface area contributed by atoms with Gasteiger partial charge in [0.1, 0.15) is 5.56 Å². The van der Waals surface area contributed by atoms with Crippen molar-refractivity contribution in [2.45, 2.75) is 6.54 Å².